The largest absolute Gasteiger partial charge is 0.248 e. The first-order valence-corrected chi connectivity index (χ1v) is 5.77. The number of hydrogen-bond acceptors (Lipinski definition) is 1. The lowest BCUT2D eigenvalue weighted by Gasteiger charge is -2.15. The molecule has 0 radical (unpaired) electrons. The van der Waals surface area contributed by atoms with Gasteiger partial charge in [0.05, 0.1) is 0 Å². The lowest BCUT2D eigenvalue weighted by Crippen LogP contribution is -2.14. The predicted molar refractivity (Wildman–Crippen MR) is 57.9 cm³/mol. The number of halogens is 1. The number of nitrogens with zero attached hydrogens (tertiary/aromatic N) is 1. The van der Waals surface area contributed by atoms with Crippen molar-refractivity contribution in [2.45, 2.75) is 44.9 Å². The number of rotatable bonds is 0. The van der Waals surface area contributed by atoms with Crippen LogP contribution in [0.4, 0.5) is 0 Å². The van der Waals surface area contributed by atoms with Gasteiger partial charge in [0.15, 0.2) is 0 Å². The van der Waals surface area contributed by atoms with Gasteiger partial charge >= 0.3 is 0 Å². The molecule has 1 saturated heterocycles. The average Bonchev–Trinajstić information content (AvgIpc) is 2.03. The molecular formula is C9H18IN. The third kappa shape index (κ3) is 5.01. The van der Waals surface area contributed by atoms with E-state index in [1.54, 1.807) is 0 Å². The Kier molecular flexibility index (Phi) is 5.54. The summed E-state index contributed by atoms with van der Waals surface area (Å²) < 4.78 is 2.45. The van der Waals surface area contributed by atoms with Gasteiger partial charge in [-0.3, -0.25) is 0 Å². The van der Waals surface area contributed by atoms with Gasteiger partial charge in [-0.25, -0.2) is 3.11 Å². The Morgan fingerprint density at radius 3 is 1.45 bits per heavy atom. The molecule has 0 aliphatic carbocycles. The van der Waals surface area contributed by atoms with E-state index in [9.17, 15) is 0 Å². The normalized spacial score (nSPS) is 24.8. The summed E-state index contributed by atoms with van der Waals surface area (Å²) in [5.74, 6) is 0. The molecule has 0 spiro atoms. The average molecular weight is 267 g/mol. The van der Waals surface area contributed by atoms with E-state index in [0.717, 1.165) is 0 Å². The summed E-state index contributed by atoms with van der Waals surface area (Å²) in [5.41, 5.74) is 0. The van der Waals surface area contributed by atoms with E-state index in [1.165, 1.54) is 58.0 Å². The van der Waals surface area contributed by atoms with Crippen LogP contribution in [0.1, 0.15) is 44.9 Å². The SMILES string of the molecule is IN1CCCCCCCCC1. The topological polar surface area (TPSA) is 3.24 Å². The van der Waals surface area contributed by atoms with Crippen molar-refractivity contribution in [2.24, 2.45) is 0 Å². The highest BCUT2D eigenvalue weighted by atomic mass is 127. The quantitative estimate of drug-likeness (QED) is 0.480. The van der Waals surface area contributed by atoms with Crippen molar-refractivity contribution in [1.29, 1.82) is 0 Å². The van der Waals surface area contributed by atoms with Crippen LogP contribution in [-0.4, -0.2) is 16.2 Å². The summed E-state index contributed by atoms with van der Waals surface area (Å²) in [4.78, 5) is 0. The highest BCUT2D eigenvalue weighted by Crippen LogP contribution is 2.13. The van der Waals surface area contributed by atoms with Crippen LogP contribution in [0.25, 0.3) is 0 Å². The molecule has 1 nitrogen and oxygen atoms in total. The smallest absolute Gasteiger partial charge is 0.0201 e. The monoisotopic (exact) mass is 267 g/mol. The second kappa shape index (κ2) is 6.23. The Morgan fingerprint density at radius 1 is 0.636 bits per heavy atom. The first-order chi connectivity index (χ1) is 5.39. The van der Waals surface area contributed by atoms with Crippen LogP contribution >= 0.6 is 22.9 Å². The van der Waals surface area contributed by atoms with Crippen molar-refractivity contribution < 1.29 is 0 Å². The van der Waals surface area contributed by atoms with Gasteiger partial charge in [-0.2, -0.15) is 0 Å². The van der Waals surface area contributed by atoms with Gasteiger partial charge < -0.3 is 0 Å². The summed E-state index contributed by atoms with van der Waals surface area (Å²) in [6.07, 6.45) is 10.1. The lowest BCUT2D eigenvalue weighted by molar-refractivity contribution is 0.432. The van der Waals surface area contributed by atoms with E-state index >= 15 is 0 Å². The molecule has 1 aliphatic heterocycles. The van der Waals surface area contributed by atoms with Crippen LogP contribution < -0.4 is 0 Å². The highest BCUT2D eigenvalue weighted by molar-refractivity contribution is 14.1. The summed E-state index contributed by atoms with van der Waals surface area (Å²) in [6, 6.07) is 0. The highest BCUT2D eigenvalue weighted by Gasteiger charge is 2.01. The minimum absolute atomic E-state index is 1.31. The van der Waals surface area contributed by atoms with Gasteiger partial charge in [0.2, 0.25) is 0 Å². The molecule has 0 bridgehead atoms. The maximum absolute atomic E-state index is 2.46. The molecular weight excluding hydrogens is 249 g/mol. The van der Waals surface area contributed by atoms with Gasteiger partial charge in [-0.15, -0.1) is 0 Å². The van der Waals surface area contributed by atoms with Crippen molar-refractivity contribution in [1.82, 2.24) is 3.11 Å². The van der Waals surface area contributed by atoms with Crippen molar-refractivity contribution in [3.63, 3.8) is 0 Å². The zero-order valence-electron chi connectivity index (χ0n) is 7.19. The fourth-order valence-electron chi connectivity index (χ4n) is 1.56. The maximum Gasteiger partial charge on any atom is 0.0201 e. The second-order valence-electron chi connectivity index (χ2n) is 3.38. The van der Waals surface area contributed by atoms with Gasteiger partial charge in [-0.1, -0.05) is 32.1 Å². The molecule has 0 atom stereocenters. The Labute approximate surface area is 84.0 Å². The first kappa shape index (κ1) is 9.78. The van der Waals surface area contributed by atoms with Crippen molar-refractivity contribution in [2.75, 3.05) is 13.1 Å². The van der Waals surface area contributed by atoms with Crippen LogP contribution in [0.5, 0.6) is 0 Å². The lowest BCUT2D eigenvalue weighted by atomic mass is 10.1. The summed E-state index contributed by atoms with van der Waals surface area (Å²) in [7, 11) is 0. The molecule has 0 saturated carbocycles. The van der Waals surface area contributed by atoms with E-state index in [4.69, 9.17) is 0 Å². The van der Waals surface area contributed by atoms with Crippen LogP contribution in [0.3, 0.4) is 0 Å². The van der Waals surface area contributed by atoms with E-state index in [-0.39, 0.29) is 0 Å². The molecule has 0 aromatic rings. The zero-order chi connectivity index (χ0) is 7.94. The predicted octanol–water partition coefficient (Wildman–Crippen LogP) is 3.38. The van der Waals surface area contributed by atoms with Crippen molar-refractivity contribution >= 4 is 22.9 Å². The fraction of sp³-hybridized carbons (Fsp3) is 1.00. The maximum atomic E-state index is 2.46. The van der Waals surface area contributed by atoms with Gasteiger partial charge in [0.25, 0.3) is 0 Å². The van der Waals surface area contributed by atoms with E-state index in [2.05, 4.69) is 26.0 Å². The second-order valence-corrected chi connectivity index (χ2v) is 4.75. The molecule has 0 N–H and O–H groups in total. The molecule has 66 valence electrons. The Bertz CT molecular complexity index is 85.6. The van der Waals surface area contributed by atoms with Crippen molar-refractivity contribution in [3.8, 4) is 0 Å². The standard InChI is InChI=1S/C9H18IN/c10-11-8-6-4-2-1-3-5-7-9-11/h1-9H2. The van der Waals surface area contributed by atoms with Crippen LogP contribution in [0, 0.1) is 0 Å². The Hall–Kier alpha value is 0.690. The zero-order valence-corrected chi connectivity index (χ0v) is 9.35. The van der Waals surface area contributed by atoms with E-state index < -0.39 is 0 Å². The molecule has 1 fully saturated rings. The van der Waals surface area contributed by atoms with Crippen molar-refractivity contribution in [3.05, 3.63) is 0 Å². The first-order valence-electron chi connectivity index (χ1n) is 4.80. The van der Waals surface area contributed by atoms with Crippen LogP contribution in [0.15, 0.2) is 0 Å². The van der Waals surface area contributed by atoms with E-state index in [1.807, 2.05) is 0 Å². The minimum atomic E-state index is 1.31. The van der Waals surface area contributed by atoms with E-state index in [0.29, 0.717) is 0 Å². The minimum Gasteiger partial charge on any atom is -0.248 e. The molecule has 0 aromatic heterocycles. The fourth-order valence-corrected chi connectivity index (χ4v) is 2.24. The summed E-state index contributed by atoms with van der Waals surface area (Å²) in [6.45, 7) is 2.61. The van der Waals surface area contributed by atoms with Gasteiger partial charge in [0, 0.05) is 36.0 Å². The Balaban J connectivity index is 2.12. The molecule has 1 rings (SSSR count). The summed E-state index contributed by atoms with van der Waals surface area (Å²) >= 11 is 2.46. The number of hydrogen-bond donors (Lipinski definition) is 0. The third-order valence-electron chi connectivity index (χ3n) is 2.30. The van der Waals surface area contributed by atoms with Gasteiger partial charge in [-0.05, 0) is 12.8 Å². The molecule has 1 aliphatic rings. The molecule has 2 heteroatoms. The molecule has 1 heterocycles. The van der Waals surface area contributed by atoms with Gasteiger partial charge in [0.1, 0.15) is 0 Å². The molecule has 0 amide bonds. The molecule has 0 aromatic carbocycles. The molecule has 11 heavy (non-hydrogen) atoms. The Morgan fingerprint density at radius 2 is 1.00 bits per heavy atom. The summed E-state index contributed by atoms with van der Waals surface area (Å²) in [5, 5.41) is 0. The van der Waals surface area contributed by atoms with Crippen LogP contribution in [0.2, 0.25) is 0 Å². The van der Waals surface area contributed by atoms with Crippen LogP contribution in [-0.2, 0) is 0 Å². The molecule has 0 unspecified atom stereocenters. The third-order valence-corrected chi connectivity index (χ3v) is 3.27.